The van der Waals surface area contributed by atoms with Crippen LogP contribution >= 0.6 is 11.6 Å². The first-order valence-electron chi connectivity index (χ1n) is 6.94. The summed E-state index contributed by atoms with van der Waals surface area (Å²) in [6, 6.07) is 7.43. The van der Waals surface area contributed by atoms with Crippen molar-refractivity contribution >= 4 is 23.4 Å². The molecule has 0 aliphatic rings. The molecule has 5 nitrogen and oxygen atoms in total. The van der Waals surface area contributed by atoms with E-state index in [0.717, 1.165) is 18.5 Å². The van der Waals surface area contributed by atoms with E-state index in [2.05, 4.69) is 10.6 Å². The van der Waals surface area contributed by atoms with Gasteiger partial charge in [0, 0.05) is 18.1 Å². The number of amides is 2. The largest absolute Gasteiger partial charge is 0.348 e. The normalized spacial score (nSPS) is 10.5. The van der Waals surface area contributed by atoms with E-state index >= 15 is 0 Å². The number of nitrogens with zero attached hydrogens (tertiary/aromatic N) is 1. The monoisotopic (exact) mass is 311 g/mol. The zero-order valence-electron chi connectivity index (χ0n) is 12.5. The standard InChI is InChI=1S/C15H22ClN3O2/c1-19(2)10-4-8-17-14(20)15(21)18-9-7-12-5-3-6-13(16)11-12/h3,5-6,11H,4,7-10H2,1-2H3,(H,17,20)(H,18,21). The Kier molecular flexibility index (Phi) is 7.79. The van der Waals surface area contributed by atoms with E-state index in [1.54, 1.807) is 6.07 Å². The highest BCUT2D eigenvalue weighted by molar-refractivity contribution is 6.35. The van der Waals surface area contributed by atoms with Gasteiger partial charge >= 0.3 is 11.8 Å². The van der Waals surface area contributed by atoms with Gasteiger partial charge in [0.15, 0.2) is 0 Å². The maximum atomic E-state index is 11.6. The fraction of sp³-hybridized carbons (Fsp3) is 0.467. The van der Waals surface area contributed by atoms with Crippen LogP contribution in [0.1, 0.15) is 12.0 Å². The third-order valence-electron chi connectivity index (χ3n) is 2.86. The summed E-state index contributed by atoms with van der Waals surface area (Å²) in [4.78, 5) is 25.1. The minimum atomic E-state index is -0.595. The minimum absolute atomic E-state index is 0.407. The second-order valence-corrected chi connectivity index (χ2v) is 5.48. The quantitative estimate of drug-likeness (QED) is 0.585. The van der Waals surface area contributed by atoms with Crippen molar-refractivity contribution < 1.29 is 9.59 Å². The second kappa shape index (κ2) is 9.37. The van der Waals surface area contributed by atoms with Gasteiger partial charge in [-0.3, -0.25) is 9.59 Å². The molecule has 0 heterocycles. The van der Waals surface area contributed by atoms with Crippen molar-refractivity contribution in [2.24, 2.45) is 0 Å². The van der Waals surface area contributed by atoms with Crippen LogP contribution in [-0.2, 0) is 16.0 Å². The predicted octanol–water partition coefficient (Wildman–Crippen LogP) is 1.07. The van der Waals surface area contributed by atoms with Gasteiger partial charge < -0.3 is 15.5 Å². The number of carbonyl (C=O) groups is 2. The average molecular weight is 312 g/mol. The van der Waals surface area contributed by atoms with Gasteiger partial charge in [0.1, 0.15) is 0 Å². The smallest absolute Gasteiger partial charge is 0.309 e. The SMILES string of the molecule is CN(C)CCCNC(=O)C(=O)NCCc1cccc(Cl)c1. The highest BCUT2D eigenvalue weighted by atomic mass is 35.5. The van der Waals surface area contributed by atoms with Crippen LogP contribution in [0, 0.1) is 0 Å². The fourth-order valence-corrected chi connectivity index (χ4v) is 1.98. The van der Waals surface area contributed by atoms with E-state index in [0.29, 0.717) is 24.5 Å². The van der Waals surface area contributed by atoms with Crippen LogP contribution in [0.3, 0.4) is 0 Å². The van der Waals surface area contributed by atoms with Crippen LogP contribution in [0.2, 0.25) is 5.02 Å². The lowest BCUT2D eigenvalue weighted by molar-refractivity contribution is -0.139. The molecule has 0 bridgehead atoms. The number of benzene rings is 1. The number of nitrogens with one attached hydrogen (secondary N) is 2. The van der Waals surface area contributed by atoms with Gasteiger partial charge in [0.05, 0.1) is 0 Å². The molecule has 0 saturated heterocycles. The van der Waals surface area contributed by atoms with Crippen molar-refractivity contribution in [3.63, 3.8) is 0 Å². The maximum absolute atomic E-state index is 11.6. The summed E-state index contributed by atoms with van der Waals surface area (Å²) >= 11 is 5.88. The topological polar surface area (TPSA) is 61.4 Å². The molecule has 0 radical (unpaired) electrons. The van der Waals surface area contributed by atoms with Gasteiger partial charge in [-0.1, -0.05) is 23.7 Å². The van der Waals surface area contributed by atoms with Gasteiger partial charge in [-0.05, 0) is 51.2 Å². The van der Waals surface area contributed by atoms with Crippen molar-refractivity contribution in [1.82, 2.24) is 15.5 Å². The Morgan fingerprint density at radius 1 is 1.14 bits per heavy atom. The maximum Gasteiger partial charge on any atom is 0.309 e. The molecule has 0 aliphatic carbocycles. The van der Waals surface area contributed by atoms with Gasteiger partial charge in [-0.25, -0.2) is 0 Å². The Hall–Kier alpha value is -1.59. The molecule has 1 aromatic rings. The number of rotatable bonds is 7. The van der Waals surface area contributed by atoms with Crippen molar-refractivity contribution in [3.8, 4) is 0 Å². The molecule has 0 aromatic heterocycles. The number of halogens is 1. The van der Waals surface area contributed by atoms with Crippen LogP contribution in [0.5, 0.6) is 0 Å². The molecule has 6 heteroatoms. The molecule has 0 atom stereocenters. The van der Waals surface area contributed by atoms with Gasteiger partial charge in [0.25, 0.3) is 0 Å². The van der Waals surface area contributed by atoms with Crippen molar-refractivity contribution in [3.05, 3.63) is 34.9 Å². The molecule has 0 aliphatic heterocycles. The third-order valence-corrected chi connectivity index (χ3v) is 3.10. The summed E-state index contributed by atoms with van der Waals surface area (Å²) in [6.07, 6.45) is 1.45. The first-order valence-corrected chi connectivity index (χ1v) is 7.32. The number of hydrogen-bond donors (Lipinski definition) is 2. The minimum Gasteiger partial charge on any atom is -0.348 e. The van der Waals surface area contributed by atoms with Crippen molar-refractivity contribution in [2.75, 3.05) is 33.7 Å². The van der Waals surface area contributed by atoms with Crippen LogP contribution in [0.4, 0.5) is 0 Å². The molecule has 0 fully saturated rings. The molecular weight excluding hydrogens is 290 g/mol. The summed E-state index contributed by atoms with van der Waals surface area (Å²) in [5.74, 6) is -1.18. The summed E-state index contributed by atoms with van der Waals surface area (Å²) in [7, 11) is 3.93. The lowest BCUT2D eigenvalue weighted by Crippen LogP contribution is -2.41. The molecule has 0 spiro atoms. The lowest BCUT2D eigenvalue weighted by Gasteiger charge is -2.10. The zero-order valence-corrected chi connectivity index (χ0v) is 13.2. The molecule has 116 valence electrons. The van der Waals surface area contributed by atoms with E-state index in [4.69, 9.17) is 11.6 Å². The Balaban J connectivity index is 2.19. The van der Waals surface area contributed by atoms with E-state index in [1.807, 2.05) is 37.2 Å². The first kappa shape index (κ1) is 17.5. The van der Waals surface area contributed by atoms with Gasteiger partial charge in [0.2, 0.25) is 0 Å². The molecule has 2 amide bonds. The average Bonchev–Trinajstić information content (AvgIpc) is 2.43. The Morgan fingerprint density at radius 3 is 2.43 bits per heavy atom. The van der Waals surface area contributed by atoms with E-state index in [1.165, 1.54) is 0 Å². The van der Waals surface area contributed by atoms with Crippen LogP contribution in [0.25, 0.3) is 0 Å². The summed E-state index contributed by atoms with van der Waals surface area (Å²) in [5, 5.41) is 5.86. The molecule has 0 unspecified atom stereocenters. The number of hydrogen-bond acceptors (Lipinski definition) is 3. The van der Waals surface area contributed by atoms with Crippen LogP contribution < -0.4 is 10.6 Å². The first-order chi connectivity index (χ1) is 9.99. The van der Waals surface area contributed by atoms with E-state index < -0.39 is 11.8 Å². The van der Waals surface area contributed by atoms with Gasteiger partial charge in [-0.2, -0.15) is 0 Å². The van der Waals surface area contributed by atoms with Crippen LogP contribution in [0.15, 0.2) is 24.3 Å². The van der Waals surface area contributed by atoms with E-state index in [-0.39, 0.29) is 0 Å². The van der Waals surface area contributed by atoms with Crippen LogP contribution in [-0.4, -0.2) is 50.4 Å². The van der Waals surface area contributed by atoms with Gasteiger partial charge in [-0.15, -0.1) is 0 Å². The molecule has 0 saturated carbocycles. The fourth-order valence-electron chi connectivity index (χ4n) is 1.77. The molecule has 2 N–H and O–H groups in total. The Bertz CT molecular complexity index is 478. The van der Waals surface area contributed by atoms with E-state index in [9.17, 15) is 9.59 Å². The highest BCUT2D eigenvalue weighted by Crippen LogP contribution is 2.10. The van der Waals surface area contributed by atoms with Crippen molar-refractivity contribution in [2.45, 2.75) is 12.8 Å². The lowest BCUT2D eigenvalue weighted by atomic mass is 10.1. The molecule has 21 heavy (non-hydrogen) atoms. The molecule has 1 aromatic carbocycles. The third kappa shape index (κ3) is 7.68. The Labute approximate surface area is 130 Å². The summed E-state index contributed by atoms with van der Waals surface area (Å²) in [5.41, 5.74) is 1.02. The highest BCUT2D eigenvalue weighted by Gasteiger charge is 2.11. The zero-order chi connectivity index (χ0) is 15.7. The predicted molar refractivity (Wildman–Crippen MR) is 84.3 cm³/mol. The second-order valence-electron chi connectivity index (χ2n) is 5.05. The summed E-state index contributed by atoms with van der Waals surface area (Å²) in [6.45, 7) is 1.78. The van der Waals surface area contributed by atoms with Crippen molar-refractivity contribution in [1.29, 1.82) is 0 Å². The molecule has 1 rings (SSSR count). The Morgan fingerprint density at radius 2 is 1.81 bits per heavy atom. The molecular formula is C15H22ClN3O2. The number of carbonyl (C=O) groups excluding carboxylic acids is 2. The summed E-state index contributed by atoms with van der Waals surface area (Å²) < 4.78 is 0.